The average Bonchev–Trinajstić information content (AvgIpc) is 4.14. The normalized spacial score (nSPS) is 12.0. The van der Waals surface area contributed by atoms with Gasteiger partial charge in [0.05, 0.1) is 33.1 Å². The molecule has 5 heteroatoms. The van der Waals surface area contributed by atoms with Crippen molar-refractivity contribution in [1.82, 2.24) is 13.7 Å². The summed E-state index contributed by atoms with van der Waals surface area (Å²) in [7, 11) is 0. The van der Waals surface area contributed by atoms with E-state index in [1.54, 1.807) is 0 Å². The summed E-state index contributed by atoms with van der Waals surface area (Å²) in [5.41, 5.74) is 17.1. The summed E-state index contributed by atoms with van der Waals surface area (Å²) in [6.07, 6.45) is 0. The number of hydrogen-bond acceptors (Lipinski definition) is 2. The molecule has 75 heavy (non-hydrogen) atoms. The van der Waals surface area contributed by atoms with Crippen molar-refractivity contribution in [2.24, 2.45) is 0 Å². The molecule has 0 atom stereocenters. The summed E-state index contributed by atoms with van der Waals surface area (Å²) in [6.45, 7) is 0. The Morgan fingerprint density at radius 3 is 1.13 bits per heavy atom. The first-order chi connectivity index (χ1) is 37.2. The molecule has 0 aliphatic heterocycles. The number of nitrogens with zero attached hydrogens (tertiary/aromatic N) is 5. The van der Waals surface area contributed by atoms with Crippen molar-refractivity contribution < 1.29 is 0 Å². The summed E-state index contributed by atoms with van der Waals surface area (Å²) < 4.78 is 7.29. The highest BCUT2D eigenvalue weighted by Crippen LogP contribution is 2.47. The first kappa shape index (κ1) is 41.5. The third-order valence-electron chi connectivity index (χ3n) is 15.6. The Bertz CT molecular complexity index is 4800. The standard InChI is InChI=1S/C70H45N5/c1-5-19-50(20-6-1)71(57-41-48-33-31-46-17-15-29-63-67(46)69(48)65(44-57)74(63)52-23-9-3-10-24-52)54-35-37-55(38-36-54)73-61-28-14-13-27-59(61)60-43-56(39-40-62(60)73)72(51-21-7-2-8-22-51)58-42-49-34-32-47-18-16-30-64-68(47)70(49)66(45-58)75(64)53-25-11-4-12-26-53/h1-45H. The van der Waals surface area contributed by atoms with E-state index in [0.29, 0.717) is 0 Å². The minimum atomic E-state index is 1.08. The van der Waals surface area contributed by atoms with Gasteiger partial charge in [-0.3, -0.25) is 0 Å². The third kappa shape index (κ3) is 6.25. The van der Waals surface area contributed by atoms with Gasteiger partial charge in [-0.25, -0.2) is 0 Å². The van der Waals surface area contributed by atoms with Gasteiger partial charge in [-0.05, 0) is 155 Å². The molecule has 0 N–H and O–H groups in total. The molecule has 0 saturated carbocycles. The number of para-hydroxylation sites is 5. The van der Waals surface area contributed by atoms with E-state index in [4.69, 9.17) is 0 Å². The molecule has 0 radical (unpaired) electrons. The van der Waals surface area contributed by atoms with Crippen LogP contribution in [0.5, 0.6) is 0 Å². The molecule has 3 aromatic heterocycles. The number of aromatic nitrogens is 3. The molecule has 350 valence electrons. The fourth-order valence-electron chi connectivity index (χ4n) is 12.5. The van der Waals surface area contributed by atoms with Crippen LogP contribution in [-0.2, 0) is 0 Å². The van der Waals surface area contributed by atoms with Gasteiger partial charge in [-0.1, -0.05) is 140 Å². The van der Waals surface area contributed by atoms with Crippen LogP contribution in [-0.4, -0.2) is 13.7 Å². The van der Waals surface area contributed by atoms with Crippen molar-refractivity contribution in [3.8, 4) is 17.1 Å². The van der Waals surface area contributed by atoms with Crippen LogP contribution in [0.3, 0.4) is 0 Å². The van der Waals surface area contributed by atoms with Crippen LogP contribution in [0, 0.1) is 0 Å². The van der Waals surface area contributed by atoms with Crippen LogP contribution in [0.4, 0.5) is 34.1 Å². The Kier molecular flexibility index (Phi) is 8.97. The van der Waals surface area contributed by atoms with Gasteiger partial charge in [0.15, 0.2) is 0 Å². The summed E-state index contributed by atoms with van der Waals surface area (Å²) in [5.74, 6) is 0. The highest BCUT2D eigenvalue weighted by molar-refractivity contribution is 6.26. The molecule has 0 bridgehead atoms. The molecule has 0 amide bonds. The molecule has 16 aromatic rings. The summed E-state index contributed by atoms with van der Waals surface area (Å²) in [5, 5.41) is 12.5. The first-order valence-corrected chi connectivity index (χ1v) is 25.8. The molecule has 0 aliphatic carbocycles. The van der Waals surface area contributed by atoms with E-state index in [9.17, 15) is 0 Å². The van der Waals surface area contributed by atoms with Gasteiger partial charge < -0.3 is 23.5 Å². The minimum absolute atomic E-state index is 1.08. The lowest BCUT2D eigenvalue weighted by molar-refractivity contribution is 1.17. The second-order valence-electron chi connectivity index (χ2n) is 19.8. The highest BCUT2D eigenvalue weighted by Gasteiger charge is 2.24. The maximum Gasteiger partial charge on any atom is 0.0568 e. The second-order valence-corrected chi connectivity index (χ2v) is 19.8. The molecule has 0 unspecified atom stereocenters. The molecule has 3 heterocycles. The maximum absolute atomic E-state index is 2.44. The van der Waals surface area contributed by atoms with Gasteiger partial charge >= 0.3 is 0 Å². The maximum atomic E-state index is 2.44. The zero-order valence-electron chi connectivity index (χ0n) is 40.7. The lowest BCUT2D eigenvalue weighted by Gasteiger charge is -2.27. The van der Waals surface area contributed by atoms with Crippen molar-refractivity contribution in [3.05, 3.63) is 273 Å². The van der Waals surface area contributed by atoms with Crippen molar-refractivity contribution in [2.75, 3.05) is 9.80 Å². The van der Waals surface area contributed by atoms with Crippen LogP contribution >= 0.6 is 0 Å². The highest BCUT2D eigenvalue weighted by atomic mass is 15.2. The topological polar surface area (TPSA) is 21.3 Å². The third-order valence-corrected chi connectivity index (χ3v) is 15.6. The van der Waals surface area contributed by atoms with Gasteiger partial charge in [-0.15, -0.1) is 0 Å². The zero-order valence-corrected chi connectivity index (χ0v) is 40.7. The van der Waals surface area contributed by atoms with Gasteiger partial charge in [0.2, 0.25) is 0 Å². The van der Waals surface area contributed by atoms with Crippen LogP contribution < -0.4 is 9.80 Å². The predicted molar refractivity (Wildman–Crippen MR) is 316 cm³/mol. The average molecular weight is 956 g/mol. The second kappa shape index (κ2) is 16.2. The van der Waals surface area contributed by atoms with E-state index in [0.717, 1.165) is 62.2 Å². The molecule has 0 spiro atoms. The smallest absolute Gasteiger partial charge is 0.0568 e. The Morgan fingerprint density at radius 1 is 0.200 bits per heavy atom. The van der Waals surface area contributed by atoms with E-state index < -0.39 is 0 Å². The molecular formula is C70H45N5. The summed E-state index contributed by atoms with van der Waals surface area (Å²) in [4.78, 5) is 4.82. The predicted octanol–water partition coefficient (Wildman–Crippen LogP) is 19.1. The van der Waals surface area contributed by atoms with E-state index in [-0.39, 0.29) is 0 Å². The van der Waals surface area contributed by atoms with Gasteiger partial charge in [-0.2, -0.15) is 0 Å². The van der Waals surface area contributed by atoms with E-state index in [2.05, 4.69) is 296 Å². The fourth-order valence-corrected chi connectivity index (χ4v) is 12.5. The molecule has 5 nitrogen and oxygen atoms in total. The number of hydrogen-bond donors (Lipinski definition) is 0. The van der Waals surface area contributed by atoms with Crippen LogP contribution in [0.25, 0.3) is 104 Å². The Balaban J connectivity index is 0.846. The van der Waals surface area contributed by atoms with E-state index >= 15 is 0 Å². The molecular weight excluding hydrogens is 911 g/mol. The largest absolute Gasteiger partial charge is 0.310 e. The summed E-state index contributed by atoms with van der Waals surface area (Å²) >= 11 is 0. The lowest BCUT2D eigenvalue weighted by atomic mass is 10.0. The van der Waals surface area contributed by atoms with Crippen molar-refractivity contribution in [2.45, 2.75) is 0 Å². The number of anilines is 6. The zero-order chi connectivity index (χ0) is 49.1. The van der Waals surface area contributed by atoms with Crippen LogP contribution in [0.1, 0.15) is 0 Å². The van der Waals surface area contributed by atoms with E-state index in [1.807, 2.05) is 0 Å². The molecule has 13 aromatic carbocycles. The van der Waals surface area contributed by atoms with Crippen molar-refractivity contribution in [1.29, 1.82) is 0 Å². The van der Waals surface area contributed by atoms with E-state index in [1.165, 1.54) is 75.9 Å². The summed E-state index contributed by atoms with van der Waals surface area (Å²) in [6, 6.07) is 100.0. The molecule has 16 rings (SSSR count). The Hall–Kier alpha value is -10.1. The van der Waals surface area contributed by atoms with Gasteiger partial charge in [0, 0.05) is 83.5 Å². The monoisotopic (exact) mass is 955 g/mol. The SMILES string of the molecule is c1ccc(N(c2ccc(-n3c4ccccc4c4cc(N(c5ccccc5)c5cc6ccc7cccc8c7c6c(c5)n8-c5ccccc5)ccc43)cc2)c2cc3ccc4cccc5c4c3c(c2)n5-c2ccccc2)cc1. The quantitative estimate of drug-likeness (QED) is 0.134. The molecule has 0 fully saturated rings. The van der Waals surface area contributed by atoms with Crippen LogP contribution in [0.15, 0.2) is 273 Å². The first-order valence-electron chi connectivity index (χ1n) is 25.8. The number of rotatable bonds is 9. The van der Waals surface area contributed by atoms with Crippen molar-refractivity contribution in [3.63, 3.8) is 0 Å². The Morgan fingerprint density at radius 2 is 0.587 bits per heavy atom. The fraction of sp³-hybridized carbons (Fsp3) is 0. The van der Waals surface area contributed by atoms with Crippen molar-refractivity contribution >= 4 is 121 Å². The Labute approximate surface area is 432 Å². The van der Waals surface area contributed by atoms with Crippen LogP contribution in [0.2, 0.25) is 0 Å². The molecule has 0 aliphatic rings. The minimum Gasteiger partial charge on any atom is -0.310 e. The van der Waals surface area contributed by atoms with Gasteiger partial charge in [0.25, 0.3) is 0 Å². The van der Waals surface area contributed by atoms with Gasteiger partial charge in [0.1, 0.15) is 0 Å². The number of benzene rings is 13. The molecule has 0 saturated heterocycles. The number of fused-ring (bicyclic) bond motifs is 3. The lowest BCUT2D eigenvalue weighted by Crippen LogP contribution is -2.10.